The lowest BCUT2D eigenvalue weighted by Gasteiger charge is -2.30. The number of nitrogen functional groups attached to an aromatic ring is 1. The number of amides is 1. The maximum atomic E-state index is 12.2. The number of nitrogens with zero attached hydrogens (tertiary/aromatic N) is 1. The topological polar surface area (TPSA) is 78.5 Å². The molecule has 1 unspecified atom stereocenters. The Labute approximate surface area is 189 Å². The van der Waals surface area contributed by atoms with E-state index in [4.69, 9.17) is 15.2 Å². The maximum Gasteiger partial charge on any atom is 0.411 e. The Hall–Kier alpha value is -3.15. The molecule has 1 aliphatic carbocycles. The molecule has 2 aromatic carbocycles. The molecule has 3 N–H and O–H groups in total. The first kappa shape index (κ1) is 22.1. The lowest BCUT2D eigenvalue weighted by atomic mass is 9.92. The summed E-state index contributed by atoms with van der Waals surface area (Å²) in [5.74, 6) is 1.13. The second-order valence-corrected chi connectivity index (χ2v) is 8.89. The van der Waals surface area contributed by atoms with Gasteiger partial charge in [-0.15, -0.1) is 0 Å². The molecule has 0 aliphatic heterocycles. The molecule has 1 heterocycles. The number of fused-ring (bicyclic) bond motifs is 1. The summed E-state index contributed by atoms with van der Waals surface area (Å²) < 4.78 is 13.5. The van der Waals surface area contributed by atoms with Gasteiger partial charge in [0.15, 0.2) is 0 Å². The monoisotopic (exact) mass is 435 g/mol. The van der Waals surface area contributed by atoms with Crippen molar-refractivity contribution < 1.29 is 14.3 Å². The number of ether oxygens (including phenoxy) is 2. The van der Waals surface area contributed by atoms with Crippen LogP contribution in [0.3, 0.4) is 0 Å². The van der Waals surface area contributed by atoms with Crippen molar-refractivity contribution >= 4 is 28.4 Å². The maximum absolute atomic E-state index is 12.2. The zero-order chi connectivity index (χ0) is 22.8. The van der Waals surface area contributed by atoms with E-state index in [1.54, 1.807) is 0 Å². The number of nitrogens with one attached hydrogen (secondary N) is 1. The fourth-order valence-corrected chi connectivity index (χ4v) is 4.06. The first-order valence-corrected chi connectivity index (χ1v) is 11.5. The van der Waals surface area contributed by atoms with Gasteiger partial charge in [0.1, 0.15) is 11.9 Å². The fraction of sp³-hybridized carbons (Fsp3) is 0.423. The Kier molecular flexibility index (Phi) is 6.31. The molecule has 0 spiro atoms. The van der Waals surface area contributed by atoms with E-state index < -0.39 is 6.09 Å². The third kappa shape index (κ3) is 4.27. The van der Waals surface area contributed by atoms with Crippen molar-refractivity contribution in [2.45, 2.75) is 59.1 Å². The molecule has 6 heteroatoms. The minimum Gasteiger partial charge on any atom is -0.494 e. The van der Waals surface area contributed by atoms with Gasteiger partial charge in [-0.2, -0.15) is 0 Å². The Morgan fingerprint density at radius 3 is 2.47 bits per heavy atom. The fourth-order valence-electron chi connectivity index (χ4n) is 4.06. The van der Waals surface area contributed by atoms with Gasteiger partial charge in [0, 0.05) is 28.7 Å². The molecule has 3 aromatic rings. The van der Waals surface area contributed by atoms with Crippen molar-refractivity contribution in [2.75, 3.05) is 17.7 Å². The first-order chi connectivity index (χ1) is 15.4. The van der Waals surface area contributed by atoms with Crippen molar-refractivity contribution in [1.29, 1.82) is 0 Å². The van der Waals surface area contributed by atoms with Crippen LogP contribution in [0.25, 0.3) is 22.2 Å². The van der Waals surface area contributed by atoms with Gasteiger partial charge in [-0.25, -0.2) is 4.79 Å². The summed E-state index contributed by atoms with van der Waals surface area (Å²) in [7, 11) is 0. The van der Waals surface area contributed by atoms with Gasteiger partial charge in [-0.3, -0.25) is 5.32 Å². The molecule has 0 saturated heterocycles. The minimum atomic E-state index is -0.439. The molecule has 4 rings (SSSR count). The van der Waals surface area contributed by atoms with Crippen molar-refractivity contribution in [3.63, 3.8) is 0 Å². The van der Waals surface area contributed by atoms with Crippen molar-refractivity contribution in [2.24, 2.45) is 5.92 Å². The van der Waals surface area contributed by atoms with E-state index in [1.807, 2.05) is 58.0 Å². The highest BCUT2D eigenvalue weighted by molar-refractivity contribution is 6.01. The van der Waals surface area contributed by atoms with E-state index in [1.165, 1.54) is 6.42 Å². The largest absolute Gasteiger partial charge is 0.494 e. The zero-order valence-corrected chi connectivity index (χ0v) is 19.4. The second-order valence-electron chi connectivity index (χ2n) is 8.89. The number of hydrogen-bond acceptors (Lipinski definition) is 4. The number of carbonyl (C=O) groups excluding carboxylic acids is 1. The van der Waals surface area contributed by atoms with Crippen LogP contribution in [-0.4, -0.2) is 23.4 Å². The van der Waals surface area contributed by atoms with Crippen LogP contribution in [0.5, 0.6) is 5.75 Å². The molecule has 6 nitrogen and oxygen atoms in total. The molecular weight excluding hydrogens is 402 g/mol. The van der Waals surface area contributed by atoms with Crippen molar-refractivity contribution in [1.82, 2.24) is 4.57 Å². The molecule has 1 saturated carbocycles. The first-order valence-electron chi connectivity index (χ1n) is 11.5. The second kappa shape index (κ2) is 9.15. The summed E-state index contributed by atoms with van der Waals surface area (Å²) in [5.41, 5.74) is 11.3. The predicted molar refractivity (Wildman–Crippen MR) is 130 cm³/mol. The highest BCUT2D eigenvalue weighted by Crippen LogP contribution is 2.44. The smallest absolute Gasteiger partial charge is 0.411 e. The van der Waals surface area contributed by atoms with Crippen LogP contribution in [0.15, 0.2) is 42.5 Å². The van der Waals surface area contributed by atoms with Gasteiger partial charge < -0.3 is 19.8 Å². The van der Waals surface area contributed by atoms with Crippen LogP contribution in [-0.2, 0) is 4.74 Å². The normalized spacial score (nSPS) is 14.9. The summed E-state index contributed by atoms with van der Waals surface area (Å²) in [6.45, 7) is 8.56. The van der Waals surface area contributed by atoms with Crippen LogP contribution < -0.4 is 15.8 Å². The van der Waals surface area contributed by atoms with E-state index in [0.717, 1.165) is 46.4 Å². The number of anilines is 2. The molecule has 0 radical (unpaired) electrons. The standard InChI is InChI=1S/C26H33N3O3/c1-5-31-21-13-14-22-23(15-21)29(20-7-6-8-20)25(24(22)27)18-9-11-19(12-10-18)28-26(30)32-17(4)16(2)3/h9-17,20H,5-8,27H2,1-4H3,(H,28,30). The van der Waals surface area contributed by atoms with Crippen LogP contribution in [0.4, 0.5) is 16.2 Å². The lowest BCUT2D eigenvalue weighted by Crippen LogP contribution is -2.23. The number of carbonyl (C=O) groups is 1. The van der Waals surface area contributed by atoms with Crippen molar-refractivity contribution in [3.8, 4) is 17.0 Å². The third-order valence-electron chi connectivity index (χ3n) is 6.40. The number of hydrogen-bond donors (Lipinski definition) is 2. The molecule has 1 fully saturated rings. The number of aromatic nitrogens is 1. The molecule has 32 heavy (non-hydrogen) atoms. The summed E-state index contributed by atoms with van der Waals surface area (Å²) in [5, 5.41) is 3.86. The van der Waals surface area contributed by atoms with Gasteiger partial charge in [0.2, 0.25) is 0 Å². The quantitative estimate of drug-likeness (QED) is 0.438. The average molecular weight is 436 g/mol. The summed E-state index contributed by atoms with van der Waals surface area (Å²) >= 11 is 0. The number of benzene rings is 2. The Bertz CT molecular complexity index is 1100. The summed E-state index contributed by atoms with van der Waals surface area (Å²) in [4.78, 5) is 12.2. The molecular formula is C26H33N3O3. The summed E-state index contributed by atoms with van der Waals surface area (Å²) in [6, 6.07) is 14.4. The van der Waals surface area contributed by atoms with Crippen LogP contribution in [0, 0.1) is 5.92 Å². The van der Waals surface area contributed by atoms with Gasteiger partial charge in [-0.1, -0.05) is 26.0 Å². The molecule has 1 aliphatic rings. The summed E-state index contributed by atoms with van der Waals surface area (Å²) in [6.07, 6.45) is 2.94. The molecule has 1 amide bonds. The van der Waals surface area contributed by atoms with Crippen LogP contribution >= 0.6 is 0 Å². The Balaban J connectivity index is 1.65. The van der Waals surface area contributed by atoms with E-state index in [0.29, 0.717) is 18.3 Å². The van der Waals surface area contributed by atoms with E-state index in [-0.39, 0.29) is 12.0 Å². The lowest BCUT2D eigenvalue weighted by molar-refractivity contribution is 0.0940. The SMILES string of the molecule is CCOc1ccc2c(N)c(-c3ccc(NC(=O)OC(C)C(C)C)cc3)n(C3CCC3)c2c1. The highest BCUT2D eigenvalue weighted by Gasteiger charge is 2.27. The van der Waals surface area contributed by atoms with Crippen LogP contribution in [0.1, 0.15) is 53.0 Å². The minimum absolute atomic E-state index is 0.145. The van der Waals surface area contributed by atoms with E-state index in [9.17, 15) is 4.79 Å². The van der Waals surface area contributed by atoms with E-state index >= 15 is 0 Å². The Morgan fingerprint density at radius 2 is 1.88 bits per heavy atom. The van der Waals surface area contributed by atoms with E-state index in [2.05, 4.69) is 22.0 Å². The van der Waals surface area contributed by atoms with Gasteiger partial charge in [0.05, 0.1) is 23.5 Å². The van der Waals surface area contributed by atoms with Gasteiger partial charge in [-0.05, 0) is 63.3 Å². The average Bonchev–Trinajstić information content (AvgIpc) is 2.99. The van der Waals surface area contributed by atoms with Gasteiger partial charge in [0.25, 0.3) is 0 Å². The number of rotatable bonds is 7. The third-order valence-corrected chi connectivity index (χ3v) is 6.40. The highest BCUT2D eigenvalue weighted by atomic mass is 16.6. The molecule has 1 atom stereocenters. The molecule has 1 aromatic heterocycles. The predicted octanol–water partition coefficient (Wildman–Crippen LogP) is 6.61. The van der Waals surface area contributed by atoms with Crippen LogP contribution in [0.2, 0.25) is 0 Å². The Morgan fingerprint density at radius 1 is 1.16 bits per heavy atom. The molecule has 0 bridgehead atoms. The molecule has 170 valence electrons. The van der Waals surface area contributed by atoms with Gasteiger partial charge >= 0.3 is 6.09 Å². The number of nitrogens with two attached hydrogens (primary N) is 1. The zero-order valence-electron chi connectivity index (χ0n) is 19.4. The van der Waals surface area contributed by atoms with Crippen molar-refractivity contribution in [3.05, 3.63) is 42.5 Å².